The molecular weight excluding hydrogens is 472 g/mol. The van der Waals surface area contributed by atoms with Crippen LogP contribution in [0.15, 0.2) is 83.7 Å². The summed E-state index contributed by atoms with van der Waals surface area (Å²) in [6, 6.07) is 26.9. The number of nitrogens with zero attached hydrogens (tertiary/aromatic N) is 5. The molecule has 1 N–H and O–H groups in total. The van der Waals surface area contributed by atoms with Crippen LogP contribution in [0.5, 0.6) is 0 Å². The lowest BCUT2D eigenvalue weighted by atomic mass is 10.0. The highest BCUT2D eigenvalue weighted by molar-refractivity contribution is 5.83. The van der Waals surface area contributed by atoms with Gasteiger partial charge in [-0.1, -0.05) is 79.7 Å². The Bertz CT molecular complexity index is 1560. The molecule has 0 aliphatic heterocycles. The molecule has 0 bridgehead atoms. The van der Waals surface area contributed by atoms with Gasteiger partial charge in [-0.05, 0) is 70.8 Å². The summed E-state index contributed by atoms with van der Waals surface area (Å²) in [6.07, 6.45) is 1.68. The molecule has 2 aromatic heterocycles. The van der Waals surface area contributed by atoms with Crippen LogP contribution in [0.2, 0.25) is 0 Å². The zero-order chi connectivity index (χ0) is 26.5. The number of hydrogen-bond donors (Lipinski definition) is 1. The minimum absolute atomic E-state index is 0.0466. The number of H-pyrrole nitrogens is 1. The molecule has 0 radical (unpaired) electrons. The molecule has 3 aromatic carbocycles. The Kier molecular flexibility index (Phi) is 7.75. The van der Waals surface area contributed by atoms with Gasteiger partial charge in [-0.25, -0.2) is 4.68 Å². The lowest BCUT2D eigenvalue weighted by molar-refractivity contribution is 0.172. The number of pyridine rings is 1. The van der Waals surface area contributed by atoms with Gasteiger partial charge in [0.15, 0.2) is 5.82 Å². The van der Waals surface area contributed by atoms with Crippen LogP contribution in [-0.2, 0) is 19.5 Å². The second-order valence-corrected chi connectivity index (χ2v) is 9.91. The lowest BCUT2D eigenvalue weighted by Crippen LogP contribution is -2.34. The fraction of sp³-hybridized carbons (Fsp3) is 0.290. The van der Waals surface area contributed by atoms with Crippen LogP contribution < -0.4 is 5.56 Å². The van der Waals surface area contributed by atoms with Crippen LogP contribution in [0.3, 0.4) is 0 Å². The van der Waals surface area contributed by atoms with E-state index >= 15 is 0 Å². The molecule has 0 saturated carbocycles. The van der Waals surface area contributed by atoms with E-state index in [2.05, 4.69) is 94.7 Å². The van der Waals surface area contributed by atoms with Crippen molar-refractivity contribution < 1.29 is 0 Å². The van der Waals surface area contributed by atoms with Gasteiger partial charge < -0.3 is 4.98 Å². The van der Waals surface area contributed by atoms with Gasteiger partial charge >= 0.3 is 0 Å². The highest BCUT2D eigenvalue weighted by atomic mass is 16.1. The molecule has 5 aromatic rings. The number of aromatic nitrogens is 5. The van der Waals surface area contributed by atoms with E-state index in [4.69, 9.17) is 0 Å². The SMILES string of the molecule is CC[C@@H](c1nnnn1Cc1ccccc1)N(CCc1ccccc1)Cc1cc2ccc(C)c(C)c2[nH]c1=O. The zero-order valence-corrected chi connectivity index (χ0v) is 22.3. The fourth-order valence-electron chi connectivity index (χ4n) is 5.09. The van der Waals surface area contributed by atoms with Crippen molar-refractivity contribution in [1.29, 1.82) is 0 Å². The number of tetrazole rings is 1. The first-order valence-corrected chi connectivity index (χ1v) is 13.2. The first-order chi connectivity index (χ1) is 18.5. The summed E-state index contributed by atoms with van der Waals surface area (Å²) in [7, 11) is 0. The smallest absolute Gasteiger partial charge is 0.252 e. The molecule has 0 fully saturated rings. The molecule has 0 aliphatic rings. The standard InChI is InChI=1S/C31H34N6O/c1-4-28(30-33-34-35-37(30)20-25-13-9-6-10-14-25)36(18-17-24-11-7-5-8-12-24)21-27-19-26-16-15-22(2)23(3)29(26)32-31(27)38/h5-16,19,28H,4,17-18,20-21H2,1-3H3,(H,32,38)/t28-/m0/s1. The monoisotopic (exact) mass is 506 g/mol. The summed E-state index contributed by atoms with van der Waals surface area (Å²) < 4.78 is 1.88. The predicted octanol–water partition coefficient (Wildman–Crippen LogP) is 5.38. The largest absolute Gasteiger partial charge is 0.321 e. The second kappa shape index (κ2) is 11.5. The number of aryl methyl sites for hydroxylation is 2. The highest BCUT2D eigenvalue weighted by Gasteiger charge is 2.26. The van der Waals surface area contributed by atoms with Crippen molar-refractivity contribution in [3.8, 4) is 0 Å². The number of hydrogen-bond acceptors (Lipinski definition) is 5. The van der Waals surface area contributed by atoms with E-state index in [1.807, 2.05) is 35.0 Å². The molecule has 0 amide bonds. The normalized spacial score (nSPS) is 12.3. The van der Waals surface area contributed by atoms with Crippen LogP contribution in [0, 0.1) is 13.8 Å². The Morgan fingerprint density at radius 3 is 2.37 bits per heavy atom. The van der Waals surface area contributed by atoms with Crippen molar-refractivity contribution in [2.75, 3.05) is 6.54 Å². The maximum atomic E-state index is 13.3. The fourth-order valence-corrected chi connectivity index (χ4v) is 5.09. The van der Waals surface area contributed by atoms with Gasteiger partial charge in [0.05, 0.1) is 18.1 Å². The quantitative estimate of drug-likeness (QED) is 0.275. The Labute approximate surface area is 223 Å². The van der Waals surface area contributed by atoms with Crippen molar-refractivity contribution in [3.05, 3.63) is 123 Å². The molecular formula is C31H34N6O. The topological polar surface area (TPSA) is 79.7 Å². The van der Waals surface area contributed by atoms with Gasteiger partial charge in [0.2, 0.25) is 0 Å². The summed E-state index contributed by atoms with van der Waals surface area (Å²) in [5, 5.41) is 13.9. The summed E-state index contributed by atoms with van der Waals surface area (Å²) in [4.78, 5) is 18.8. The van der Waals surface area contributed by atoms with Crippen molar-refractivity contribution in [1.82, 2.24) is 30.1 Å². The Balaban J connectivity index is 1.49. The minimum Gasteiger partial charge on any atom is -0.321 e. The minimum atomic E-state index is -0.0488. The Morgan fingerprint density at radius 2 is 1.66 bits per heavy atom. The maximum Gasteiger partial charge on any atom is 0.252 e. The van der Waals surface area contributed by atoms with Crippen LogP contribution in [0.4, 0.5) is 0 Å². The summed E-state index contributed by atoms with van der Waals surface area (Å²) in [5.74, 6) is 0.813. The molecule has 7 nitrogen and oxygen atoms in total. The number of nitrogens with one attached hydrogen (secondary N) is 1. The van der Waals surface area contributed by atoms with E-state index < -0.39 is 0 Å². The van der Waals surface area contributed by atoms with Crippen LogP contribution in [0.1, 0.15) is 53.0 Å². The van der Waals surface area contributed by atoms with Gasteiger partial charge in [-0.2, -0.15) is 0 Å². The summed E-state index contributed by atoms with van der Waals surface area (Å²) in [6.45, 7) is 8.14. The van der Waals surface area contributed by atoms with Gasteiger partial charge in [-0.3, -0.25) is 9.69 Å². The third kappa shape index (κ3) is 5.58. The van der Waals surface area contributed by atoms with Gasteiger partial charge in [0.25, 0.3) is 5.56 Å². The van der Waals surface area contributed by atoms with Gasteiger partial charge in [0, 0.05) is 18.7 Å². The highest BCUT2D eigenvalue weighted by Crippen LogP contribution is 2.26. The molecule has 0 saturated heterocycles. The molecule has 1 atom stereocenters. The van der Waals surface area contributed by atoms with Gasteiger partial charge in [0.1, 0.15) is 0 Å². The molecule has 194 valence electrons. The third-order valence-corrected chi connectivity index (χ3v) is 7.39. The Morgan fingerprint density at radius 1 is 0.947 bits per heavy atom. The van der Waals surface area contributed by atoms with E-state index in [0.717, 1.165) is 52.8 Å². The number of rotatable bonds is 10. The average Bonchev–Trinajstić information content (AvgIpc) is 3.39. The van der Waals surface area contributed by atoms with Crippen LogP contribution in [-0.4, -0.2) is 36.6 Å². The van der Waals surface area contributed by atoms with E-state index in [-0.39, 0.29) is 11.6 Å². The molecule has 0 unspecified atom stereocenters. The summed E-state index contributed by atoms with van der Waals surface area (Å²) in [5.41, 5.74) is 6.29. The van der Waals surface area contributed by atoms with Crippen molar-refractivity contribution in [2.24, 2.45) is 0 Å². The predicted molar refractivity (Wildman–Crippen MR) is 151 cm³/mol. The first-order valence-electron chi connectivity index (χ1n) is 13.2. The van der Waals surface area contributed by atoms with E-state index in [0.29, 0.717) is 13.1 Å². The van der Waals surface area contributed by atoms with Crippen LogP contribution in [0.25, 0.3) is 10.9 Å². The first kappa shape index (κ1) is 25.5. The van der Waals surface area contributed by atoms with E-state index in [1.165, 1.54) is 11.1 Å². The molecule has 5 rings (SSSR count). The zero-order valence-electron chi connectivity index (χ0n) is 22.3. The van der Waals surface area contributed by atoms with Crippen molar-refractivity contribution in [2.45, 2.75) is 52.7 Å². The number of fused-ring (bicyclic) bond motifs is 1. The lowest BCUT2D eigenvalue weighted by Gasteiger charge is -2.30. The van der Waals surface area contributed by atoms with Crippen LogP contribution >= 0.6 is 0 Å². The van der Waals surface area contributed by atoms with Crippen molar-refractivity contribution in [3.63, 3.8) is 0 Å². The molecule has 0 spiro atoms. The second-order valence-electron chi connectivity index (χ2n) is 9.91. The Hall–Kier alpha value is -4.10. The third-order valence-electron chi connectivity index (χ3n) is 7.39. The number of benzene rings is 3. The van der Waals surface area contributed by atoms with Gasteiger partial charge in [-0.15, -0.1) is 5.10 Å². The molecule has 2 heterocycles. The maximum absolute atomic E-state index is 13.3. The van der Waals surface area contributed by atoms with E-state index in [1.54, 1.807) is 0 Å². The van der Waals surface area contributed by atoms with Crippen molar-refractivity contribution >= 4 is 10.9 Å². The molecule has 38 heavy (non-hydrogen) atoms. The molecule has 7 heteroatoms. The molecule has 0 aliphatic carbocycles. The average molecular weight is 507 g/mol. The van der Waals surface area contributed by atoms with E-state index in [9.17, 15) is 4.79 Å². The summed E-state index contributed by atoms with van der Waals surface area (Å²) >= 11 is 0. The number of aromatic amines is 1.